The number of nitrogens with two attached hydrogens (primary N) is 1. The summed E-state index contributed by atoms with van der Waals surface area (Å²) in [6.07, 6.45) is 5.03. The van der Waals surface area contributed by atoms with Gasteiger partial charge in [-0.2, -0.15) is 0 Å². The zero-order valence-electron chi connectivity index (χ0n) is 13.5. The monoisotopic (exact) mass is 271 g/mol. The summed E-state index contributed by atoms with van der Waals surface area (Å²) in [5, 5.41) is 0. The van der Waals surface area contributed by atoms with E-state index in [0.29, 0.717) is 12.1 Å². The highest BCUT2D eigenvalue weighted by atomic mass is 16.5. The first-order valence-electron chi connectivity index (χ1n) is 7.63. The van der Waals surface area contributed by atoms with E-state index >= 15 is 0 Å². The Morgan fingerprint density at radius 2 is 1.89 bits per heavy atom. The van der Waals surface area contributed by atoms with Crippen molar-refractivity contribution in [3.05, 3.63) is 0 Å². The molecule has 1 atom stereocenters. The molecule has 0 aliphatic heterocycles. The van der Waals surface area contributed by atoms with Gasteiger partial charge in [0, 0.05) is 31.8 Å². The first-order valence-corrected chi connectivity index (χ1v) is 7.63. The molecule has 114 valence electrons. The van der Waals surface area contributed by atoms with E-state index in [2.05, 4.69) is 37.7 Å². The Kier molecular flexibility index (Phi) is 6.74. The molecule has 19 heavy (non-hydrogen) atoms. The molecular formula is C15H33N3O. The number of methoxy groups -OCH3 is 1. The molecule has 0 heterocycles. The molecule has 1 rings (SSSR count). The molecule has 2 N–H and O–H groups in total. The van der Waals surface area contributed by atoms with Crippen LogP contribution in [0.3, 0.4) is 0 Å². The summed E-state index contributed by atoms with van der Waals surface area (Å²) in [5.74, 6) is 0. The van der Waals surface area contributed by atoms with Gasteiger partial charge in [-0.05, 0) is 53.2 Å². The van der Waals surface area contributed by atoms with E-state index in [4.69, 9.17) is 10.5 Å². The van der Waals surface area contributed by atoms with Gasteiger partial charge in [0.05, 0.1) is 6.10 Å². The van der Waals surface area contributed by atoms with Crippen molar-refractivity contribution in [3.63, 3.8) is 0 Å². The number of rotatable bonds is 7. The molecule has 0 aromatic carbocycles. The highest BCUT2D eigenvalue weighted by Crippen LogP contribution is 2.35. The maximum atomic E-state index is 6.17. The summed E-state index contributed by atoms with van der Waals surface area (Å²) in [7, 11) is 6.11. The molecule has 0 saturated heterocycles. The van der Waals surface area contributed by atoms with Crippen molar-refractivity contribution in [1.29, 1.82) is 0 Å². The van der Waals surface area contributed by atoms with Crippen LogP contribution < -0.4 is 5.73 Å². The van der Waals surface area contributed by atoms with Crippen LogP contribution >= 0.6 is 0 Å². The van der Waals surface area contributed by atoms with E-state index in [0.717, 1.165) is 45.3 Å². The first kappa shape index (κ1) is 16.9. The van der Waals surface area contributed by atoms with E-state index < -0.39 is 0 Å². The lowest BCUT2D eigenvalue weighted by Gasteiger charge is -2.50. The van der Waals surface area contributed by atoms with Crippen molar-refractivity contribution in [2.75, 3.05) is 40.8 Å². The first-order chi connectivity index (χ1) is 8.99. The van der Waals surface area contributed by atoms with Gasteiger partial charge < -0.3 is 15.4 Å². The van der Waals surface area contributed by atoms with Crippen LogP contribution in [-0.2, 0) is 4.74 Å². The van der Waals surface area contributed by atoms with Gasteiger partial charge in [0.2, 0.25) is 0 Å². The minimum absolute atomic E-state index is 0.180. The van der Waals surface area contributed by atoms with Gasteiger partial charge >= 0.3 is 0 Å². The van der Waals surface area contributed by atoms with Crippen molar-refractivity contribution in [3.8, 4) is 0 Å². The summed E-state index contributed by atoms with van der Waals surface area (Å²) >= 11 is 0. The molecule has 0 amide bonds. The highest BCUT2D eigenvalue weighted by Gasteiger charge is 2.40. The quantitative estimate of drug-likeness (QED) is 0.763. The average molecular weight is 271 g/mol. The minimum Gasteiger partial charge on any atom is -0.381 e. The second-order valence-electron chi connectivity index (χ2n) is 6.26. The van der Waals surface area contributed by atoms with Gasteiger partial charge in [0.1, 0.15) is 0 Å². The molecule has 1 fully saturated rings. The molecule has 4 heteroatoms. The molecule has 0 bridgehead atoms. The Labute approximate surface area is 119 Å². The van der Waals surface area contributed by atoms with E-state index in [1.165, 1.54) is 0 Å². The number of hydrogen-bond donors (Lipinski definition) is 1. The molecular weight excluding hydrogens is 238 g/mol. The third-order valence-electron chi connectivity index (χ3n) is 4.69. The lowest BCUT2D eigenvalue weighted by molar-refractivity contribution is -0.0245. The second-order valence-corrected chi connectivity index (χ2v) is 6.26. The van der Waals surface area contributed by atoms with Crippen LogP contribution in [0.15, 0.2) is 0 Å². The molecule has 1 unspecified atom stereocenters. The van der Waals surface area contributed by atoms with Crippen LogP contribution in [0.2, 0.25) is 0 Å². The third-order valence-corrected chi connectivity index (χ3v) is 4.69. The Morgan fingerprint density at radius 3 is 2.26 bits per heavy atom. The van der Waals surface area contributed by atoms with Gasteiger partial charge in [-0.1, -0.05) is 6.92 Å². The molecule has 4 nitrogen and oxygen atoms in total. The molecule has 0 aromatic heterocycles. The van der Waals surface area contributed by atoms with E-state index in [1.54, 1.807) is 0 Å². The number of ether oxygens (including phenoxy) is 1. The fraction of sp³-hybridized carbons (Fsp3) is 1.00. The SMILES string of the molecule is CCN(C(C)CN(C)C)C1(CN)CCC(OC)CC1. The van der Waals surface area contributed by atoms with E-state index in [1.807, 2.05) is 7.11 Å². The Bertz CT molecular complexity index is 250. The van der Waals surface area contributed by atoms with Gasteiger partial charge in [-0.25, -0.2) is 0 Å². The minimum atomic E-state index is 0.180. The Hall–Kier alpha value is -0.160. The maximum Gasteiger partial charge on any atom is 0.0572 e. The van der Waals surface area contributed by atoms with E-state index in [9.17, 15) is 0 Å². The van der Waals surface area contributed by atoms with Crippen LogP contribution in [-0.4, -0.2) is 68.3 Å². The normalized spacial score (nSPS) is 30.0. The van der Waals surface area contributed by atoms with Crippen molar-refractivity contribution >= 4 is 0 Å². The van der Waals surface area contributed by atoms with Crippen molar-refractivity contribution in [2.45, 2.75) is 57.2 Å². The standard InChI is InChI=1S/C15H33N3O/c1-6-18(13(2)11-17(3)4)15(12-16)9-7-14(19-5)8-10-15/h13-14H,6-12,16H2,1-5H3. The average Bonchev–Trinajstić information content (AvgIpc) is 2.39. The highest BCUT2D eigenvalue weighted by molar-refractivity contribution is 4.98. The van der Waals surface area contributed by atoms with Gasteiger partial charge in [0.25, 0.3) is 0 Å². The molecule has 1 saturated carbocycles. The lowest BCUT2D eigenvalue weighted by atomic mass is 9.78. The second kappa shape index (κ2) is 7.58. The van der Waals surface area contributed by atoms with Crippen molar-refractivity contribution < 1.29 is 4.74 Å². The summed E-state index contributed by atoms with van der Waals surface area (Å²) in [6, 6.07) is 0.544. The zero-order chi connectivity index (χ0) is 14.5. The predicted molar refractivity (Wildman–Crippen MR) is 81.4 cm³/mol. The van der Waals surface area contributed by atoms with Crippen LogP contribution in [0.1, 0.15) is 39.5 Å². The third kappa shape index (κ3) is 4.15. The summed E-state index contributed by atoms with van der Waals surface area (Å²) in [5.41, 5.74) is 6.35. The molecule has 1 aliphatic carbocycles. The maximum absolute atomic E-state index is 6.17. The van der Waals surface area contributed by atoms with Crippen LogP contribution in [0.5, 0.6) is 0 Å². The molecule has 0 radical (unpaired) electrons. The number of hydrogen-bond acceptors (Lipinski definition) is 4. The summed E-state index contributed by atoms with van der Waals surface area (Å²) in [4.78, 5) is 4.89. The Morgan fingerprint density at radius 1 is 1.32 bits per heavy atom. The predicted octanol–water partition coefficient (Wildman–Crippen LogP) is 1.54. The molecule has 0 spiro atoms. The van der Waals surface area contributed by atoms with Gasteiger partial charge in [-0.3, -0.25) is 4.90 Å². The van der Waals surface area contributed by atoms with E-state index in [-0.39, 0.29) is 5.54 Å². The van der Waals surface area contributed by atoms with Crippen molar-refractivity contribution in [1.82, 2.24) is 9.80 Å². The zero-order valence-corrected chi connectivity index (χ0v) is 13.5. The van der Waals surface area contributed by atoms with Crippen LogP contribution in [0.25, 0.3) is 0 Å². The van der Waals surface area contributed by atoms with Crippen LogP contribution in [0, 0.1) is 0 Å². The fourth-order valence-electron chi connectivity index (χ4n) is 3.71. The smallest absolute Gasteiger partial charge is 0.0572 e. The molecule has 1 aliphatic rings. The fourth-order valence-corrected chi connectivity index (χ4v) is 3.71. The Balaban J connectivity index is 2.75. The summed E-state index contributed by atoms with van der Waals surface area (Å²) < 4.78 is 5.50. The van der Waals surface area contributed by atoms with Crippen molar-refractivity contribution in [2.24, 2.45) is 5.73 Å². The topological polar surface area (TPSA) is 41.7 Å². The summed E-state index contributed by atoms with van der Waals surface area (Å²) in [6.45, 7) is 7.50. The number of likely N-dealkylation sites (N-methyl/N-ethyl adjacent to an activating group) is 2. The lowest BCUT2D eigenvalue weighted by Crippen LogP contribution is -2.60. The van der Waals surface area contributed by atoms with Gasteiger partial charge in [-0.15, -0.1) is 0 Å². The largest absolute Gasteiger partial charge is 0.381 e. The number of nitrogens with zero attached hydrogens (tertiary/aromatic N) is 2. The molecule has 0 aromatic rings. The van der Waals surface area contributed by atoms with Gasteiger partial charge in [0.15, 0.2) is 0 Å². The van der Waals surface area contributed by atoms with Crippen LogP contribution in [0.4, 0.5) is 0 Å².